The van der Waals surface area contributed by atoms with E-state index in [2.05, 4.69) is 0 Å². The Morgan fingerprint density at radius 1 is 0.958 bits per heavy atom. The SMILES string of the molecule is O=C(O)c1ccc(C(=O)[C@@H]2C[C@@H](C(=O)O)CC[C@@H]2S(=O)(=O)O)cc1. The number of carboxylic acid groups (broad SMARTS) is 2. The van der Waals surface area contributed by atoms with E-state index in [1.165, 1.54) is 24.3 Å². The molecule has 1 saturated carbocycles. The Labute approximate surface area is 137 Å². The molecular formula is C15H16O8S. The summed E-state index contributed by atoms with van der Waals surface area (Å²) in [5.74, 6) is -4.97. The first-order chi connectivity index (χ1) is 11.1. The van der Waals surface area contributed by atoms with Crippen LogP contribution in [0.4, 0.5) is 0 Å². The summed E-state index contributed by atoms with van der Waals surface area (Å²) in [6, 6.07) is 4.90. The minimum Gasteiger partial charge on any atom is -0.481 e. The average molecular weight is 356 g/mol. The first-order valence-corrected chi connectivity index (χ1v) is 8.68. The molecule has 1 aromatic carbocycles. The zero-order valence-corrected chi connectivity index (χ0v) is 13.3. The molecule has 130 valence electrons. The Morgan fingerprint density at radius 3 is 1.96 bits per heavy atom. The van der Waals surface area contributed by atoms with Crippen LogP contribution < -0.4 is 0 Å². The zero-order valence-electron chi connectivity index (χ0n) is 12.5. The summed E-state index contributed by atoms with van der Waals surface area (Å²) >= 11 is 0. The molecule has 1 aliphatic carbocycles. The number of Topliss-reactive ketones (excluding diaryl/α,β-unsaturated/α-hetero) is 1. The first kappa shape index (κ1) is 18.1. The maximum Gasteiger partial charge on any atom is 0.335 e. The van der Waals surface area contributed by atoms with Crippen LogP contribution >= 0.6 is 0 Å². The summed E-state index contributed by atoms with van der Waals surface area (Å²) < 4.78 is 32.4. The summed E-state index contributed by atoms with van der Waals surface area (Å²) in [5.41, 5.74) is 0.0367. The third-order valence-corrected chi connectivity index (χ3v) is 5.60. The molecule has 3 N–H and O–H groups in total. The van der Waals surface area contributed by atoms with Gasteiger partial charge in [0.2, 0.25) is 0 Å². The van der Waals surface area contributed by atoms with E-state index < -0.39 is 44.9 Å². The predicted molar refractivity (Wildman–Crippen MR) is 81.5 cm³/mol. The van der Waals surface area contributed by atoms with Gasteiger partial charge in [-0.25, -0.2) is 4.79 Å². The highest BCUT2D eigenvalue weighted by atomic mass is 32.2. The van der Waals surface area contributed by atoms with Gasteiger partial charge in [-0.05, 0) is 31.4 Å². The number of aliphatic carboxylic acids is 1. The molecule has 0 saturated heterocycles. The van der Waals surface area contributed by atoms with Gasteiger partial charge in [-0.3, -0.25) is 14.1 Å². The number of benzene rings is 1. The van der Waals surface area contributed by atoms with Gasteiger partial charge in [-0.15, -0.1) is 0 Å². The molecule has 0 amide bonds. The molecule has 1 aromatic rings. The number of hydrogen-bond acceptors (Lipinski definition) is 5. The van der Waals surface area contributed by atoms with Crippen molar-refractivity contribution in [2.24, 2.45) is 11.8 Å². The highest BCUT2D eigenvalue weighted by Gasteiger charge is 2.43. The lowest BCUT2D eigenvalue weighted by molar-refractivity contribution is -0.143. The third kappa shape index (κ3) is 3.80. The summed E-state index contributed by atoms with van der Waals surface area (Å²) in [5, 5.41) is 16.6. The van der Waals surface area contributed by atoms with Crippen molar-refractivity contribution >= 4 is 27.8 Å². The topological polar surface area (TPSA) is 146 Å². The van der Waals surface area contributed by atoms with E-state index in [9.17, 15) is 27.4 Å². The Kier molecular flexibility index (Phi) is 5.05. The maximum atomic E-state index is 12.6. The molecule has 0 bridgehead atoms. The molecule has 0 unspecified atom stereocenters. The second-order valence-electron chi connectivity index (χ2n) is 5.75. The molecular weight excluding hydrogens is 340 g/mol. The fourth-order valence-corrected chi connectivity index (χ4v) is 4.07. The molecule has 0 heterocycles. The van der Waals surface area contributed by atoms with Crippen LogP contribution in [0.1, 0.15) is 40.0 Å². The smallest absolute Gasteiger partial charge is 0.335 e. The predicted octanol–water partition coefficient (Wildman–Crippen LogP) is 1.32. The van der Waals surface area contributed by atoms with Gasteiger partial charge in [0.15, 0.2) is 5.78 Å². The summed E-state index contributed by atoms with van der Waals surface area (Å²) in [7, 11) is -4.51. The lowest BCUT2D eigenvalue weighted by Gasteiger charge is -2.31. The second kappa shape index (κ2) is 6.70. The number of ketones is 1. The molecule has 0 radical (unpaired) electrons. The molecule has 0 spiro atoms. The quantitative estimate of drug-likeness (QED) is 0.529. The summed E-state index contributed by atoms with van der Waals surface area (Å²) in [6.45, 7) is 0. The van der Waals surface area contributed by atoms with Crippen LogP contribution in [0.15, 0.2) is 24.3 Å². The average Bonchev–Trinajstić information content (AvgIpc) is 2.52. The molecule has 1 aliphatic rings. The second-order valence-corrected chi connectivity index (χ2v) is 7.39. The lowest BCUT2D eigenvalue weighted by atomic mass is 9.77. The number of rotatable bonds is 5. The van der Waals surface area contributed by atoms with Gasteiger partial charge in [0.1, 0.15) is 0 Å². The van der Waals surface area contributed by atoms with Crippen molar-refractivity contribution in [2.45, 2.75) is 24.5 Å². The van der Waals surface area contributed by atoms with Gasteiger partial charge in [0.05, 0.1) is 16.7 Å². The van der Waals surface area contributed by atoms with Crippen LogP contribution in [-0.2, 0) is 14.9 Å². The fourth-order valence-electron chi connectivity index (χ4n) is 2.99. The van der Waals surface area contributed by atoms with Gasteiger partial charge in [-0.2, -0.15) is 8.42 Å². The number of hydrogen-bond donors (Lipinski definition) is 3. The van der Waals surface area contributed by atoms with Crippen molar-refractivity contribution in [2.75, 3.05) is 0 Å². The molecule has 3 atom stereocenters. The van der Waals surface area contributed by atoms with Crippen molar-refractivity contribution in [3.63, 3.8) is 0 Å². The molecule has 1 fully saturated rings. The Hall–Kier alpha value is -2.26. The molecule has 0 aromatic heterocycles. The van der Waals surface area contributed by atoms with Crippen molar-refractivity contribution in [1.82, 2.24) is 0 Å². The molecule has 9 heteroatoms. The zero-order chi connectivity index (χ0) is 18.1. The molecule has 24 heavy (non-hydrogen) atoms. The number of aromatic carboxylic acids is 1. The molecule has 8 nitrogen and oxygen atoms in total. The fraction of sp³-hybridized carbons (Fsp3) is 0.400. The molecule has 0 aliphatic heterocycles. The standard InChI is InChI=1S/C15H16O8S/c16-13(8-1-3-9(4-2-8)14(17)18)11-7-10(15(19)20)5-6-12(11)24(21,22)23/h1-4,10-12H,5-7H2,(H,17,18)(H,19,20)(H,21,22,23)/t10-,11+,12-/m0/s1. The lowest BCUT2D eigenvalue weighted by Crippen LogP contribution is -2.41. The van der Waals surface area contributed by atoms with Gasteiger partial charge >= 0.3 is 11.9 Å². The van der Waals surface area contributed by atoms with Crippen molar-refractivity contribution < 1.29 is 37.6 Å². The third-order valence-electron chi connectivity index (χ3n) is 4.27. The van der Waals surface area contributed by atoms with E-state index in [-0.39, 0.29) is 30.4 Å². The van der Waals surface area contributed by atoms with E-state index in [4.69, 9.17) is 10.2 Å². The van der Waals surface area contributed by atoms with Crippen molar-refractivity contribution in [1.29, 1.82) is 0 Å². The first-order valence-electron chi connectivity index (χ1n) is 7.18. The highest BCUT2D eigenvalue weighted by molar-refractivity contribution is 7.86. The highest BCUT2D eigenvalue weighted by Crippen LogP contribution is 2.35. The van der Waals surface area contributed by atoms with Gasteiger partial charge in [0.25, 0.3) is 10.1 Å². The molecule has 2 rings (SSSR count). The number of carbonyl (C=O) groups excluding carboxylic acids is 1. The van der Waals surface area contributed by atoms with Crippen LogP contribution in [0.2, 0.25) is 0 Å². The van der Waals surface area contributed by atoms with Gasteiger partial charge < -0.3 is 10.2 Å². The van der Waals surface area contributed by atoms with E-state index in [1.807, 2.05) is 0 Å². The van der Waals surface area contributed by atoms with Crippen molar-refractivity contribution in [3.8, 4) is 0 Å². The van der Waals surface area contributed by atoms with Crippen molar-refractivity contribution in [3.05, 3.63) is 35.4 Å². The monoisotopic (exact) mass is 356 g/mol. The van der Waals surface area contributed by atoms with E-state index in [1.54, 1.807) is 0 Å². The van der Waals surface area contributed by atoms with E-state index in [0.717, 1.165) is 0 Å². The number of carboxylic acids is 2. The van der Waals surface area contributed by atoms with Gasteiger partial charge in [-0.1, -0.05) is 12.1 Å². The Morgan fingerprint density at radius 2 is 1.50 bits per heavy atom. The van der Waals surface area contributed by atoms with E-state index in [0.29, 0.717) is 0 Å². The normalized spacial score (nSPS) is 24.3. The largest absolute Gasteiger partial charge is 0.481 e. The van der Waals surface area contributed by atoms with E-state index >= 15 is 0 Å². The van der Waals surface area contributed by atoms with Crippen LogP contribution in [0.25, 0.3) is 0 Å². The minimum absolute atomic E-state index is 0.0371. The maximum absolute atomic E-state index is 12.6. The Bertz CT molecular complexity index is 765. The summed E-state index contributed by atoms with van der Waals surface area (Å²) in [6.07, 6.45) is -0.264. The van der Waals surface area contributed by atoms with Crippen LogP contribution in [-0.4, -0.2) is 46.2 Å². The Balaban J connectivity index is 2.33. The van der Waals surface area contributed by atoms with Gasteiger partial charge in [0, 0.05) is 11.5 Å². The van der Waals surface area contributed by atoms with Crippen LogP contribution in [0, 0.1) is 11.8 Å². The van der Waals surface area contributed by atoms with Crippen LogP contribution in [0.5, 0.6) is 0 Å². The minimum atomic E-state index is -4.51. The number of carbonyl (C=O) groups is 3. The summed E-state index contributed by atoms with van der Waals surface area (Å²) in [4.78, 5) is 34.6. The van der Waals surface area contributed by atoms with Crippen LogP contribution in [0.3, 0.4) is 0 Å².